The van der Waals surface area contributed by atoms with E-state index in [4.69, 9.17) is 4.52 Å². The molecule has 3 aromatic rings. The van der Waals surface area contributed by atoms with E-state index in [0.29, 0.717) is 16.9 Å². The average Bonchev–Trinajstić information content (AvgIpc) is 3.23. The molecule has 1 aromatic heterocycles. The van der Waals surface area contributed by atoms with Crippen LogP contribution in [0.3, 0.4) is 0 Å². The molecule has 0 saturated carbocycles. The molecule has 0 radical (unpaired) electrons. The molecule has 1 amide bonds. The summed E-state index contributed by atoms with van der Waals surface area (Å²) in [6, 6.07) is 16.7. The van der Waals surface area contributed by atoms with E-state index < -0.39 is 17.7 Å². The largest absolute Gasteiger partial charge is 0.507 e. The number of aliphatic hydroxyl groups excluding tert-OH is 1. The number of ketones is 1. The molecule has 0 unspecified atom stereocenters. The van der Waals surface area contributed by atoms with Crippen LogP contribution in [0.1, 0.15) is 22.9 Å². The van der Waals surface area contributed by atoms with E-state index >= 15 is 0 Å². The molecule has 7 heteroatoms. The Morgan fingerprint density at radius 1 is 1.11 bits per heavy atom. The number of carbonyl (C=O) groups is 2. The maximum atomic E-state index is 12.9. The van der Waals surface area contributed by atoms with Gasteiger partial charge >= 0.3 is 5.91 Å². The lowest BCUT2D eigenvalue weighted by Gasteiger charge is -2.23. The molecule has 140 valence electrons. The Hall–Kier alpha value is -3.19. The molecular weight excluding hydrogens is 424 g/mol. The van der Waals surface area contributed by atoms with Crippen LogP contribution in [-0.4, -0.2) is 22.0 Å². The highest BCUT2D eigenvalue weighted by Crippen LogP contribution is 2.42. The van der Waals surface area contributed by atoms with E-state index in [0.717, 1.165) is 4.47 Å². The highest BCUT2D eigenvalue weighted by molar-refractivity contribution is 9.10. The monoisotopic (exact) mass is 438 g/mol. The number of aryl methyl sites for hydroxylation is 1. The van der Waals surface area contributed by atoms with Crippen molar-refractivity contribution in [2.45, 2.75) is 13.0 Å². The molecule has 1 aliphatic heterocycles. The molecule has 1 aliphatic rings. The third kappa shape index (κ3) is 3.03. The normalized spacial score (nSPS) is 18.6. The molecule has 1 fully saturated rings. The first-order valence-electron chi connectivity index (χ1n) is 8.52. The Kier molecular flexibility index (Phi) is 4.60. The number of amides is 1. The average molecular weight is 439 g/mol. The van der Waals surface area contributed by atoms with E-state index in [1.165, 1.54) is 4.90 Å². The molecule has 2 heterocycles. The second-order valence-electron chi connectivity index (χ2n) is 6.39. The van der Waals surface area contributed by atoms with Gasteiger partial charge in [0.2, 0.25) is 0 Å². The summed E-state index contributed by atoms with van der Waals surface area (Å²) < 4.78 is 5.89. The van der Waals surface area contributed by atoms with Crippen molar-refractivity contribution in [3.63, 3.8) is 0 Å². The number of hydrogen-bond acceptors (Lipinski definition) is 5. The molecule has 0 aliphatic carbocycles. The molecule has 0 spiro atoms. The van der Waals surface area contributed by atoms with Crippen LogP contribution in [0.4, 0.5) is 5.82 Å². The van der Waals surface area contributed by atoms with Crippen molar-refractivity contribution in [1.29, 1.82) is 0 Å². The molecule has 6 nitrogen and oxygen atoms in total. The predicted octanol–water partition coefficient (Wildman–Crippen LogP) is 4.37. The number of hydrogen-bond donors (Lipinski definition) is 1. The van der Waals surface area contributed by atoms with Gasteiger partial charge in [0.1, 0.15) is 11.5 Å². The summed E-state index contributed by atoms with van der Waals surface area (Å²) in [7, 11) is 0. The van der Waals surface area contributed by atoms with Crippen LogP contribution in [0.15, 0.2) is 75.2 Å². The smallest absolute Gasteiger partial charge is 0.301 e. The van der Waals surface area contributed by atoms with Crippen LogP contribution >= 0.6 is 15.9 Å². The number of aromatic nitrogens is 1. The molecular formula is C21H15BrN2O4. The predicted molar refractivity (Wildman–Crippen MR) is 107 cm³/mol. The topological polar surface area (TPSA) is 83.6 Å². The number of Topliss-reactive ketones (excluding diaryl/α,β-unsaturated/α-hetero) is 1. The van der Waals surface area contributed by atoms with Gasteiger partial charge < -0.3 is 9.63 Å². The van der Waals surface area contributed by atoms with Crippen molar-refractivity contribution < 1.29 is 19.2 Å². The van der Waals surface area contributed by atoms with Gasteiger partial charge in [0.05, 0.1) is 11.6 Å². The maximum absolute atomic E-state index is 12.9. The molecule has 28 heavy (non-hydrogen) atoms. The van der Waals surface area contributed by atoms with Gasteiger partial charge in [-0.2, -0.15) is 0 Å². The Bertz CT molecular complexity index is 1100. The second-order valence-corrected chi connectivity index (χ2v) is 7.30. The Balaban J connectivity index is 1.96. The van der Waals surface area contributed by atoms with Crippen LogP contribution < -0.4 is 4.90 Å². The number of nitrogens with zero attached hydrogens (tertiary/aromatic N) is 2. The quantitative estimate of drug-likeness (QED) is 0.372. The summed E-state index contributed by atoms with van der Waals surface area (Å²) in [4.78, 5) is 27.0. The Morgan fingerprint density at radius 2 is 1.86 bits per heavy atom. The standard InChI is InChI=1S/C21H15BrN2O4/c1-12-10-16(23-28-12)24-18(14-8-5-9-15(22)11-14)17(20(26)21(24)27)19(25)13-6-3-2-4-7-13/h2-11,18,25H,1H3/t18-/m1/s1. The van der Waals surface area contributed by atoms with E-state index in [-0.39, 0.29) is 17.2 Å². The molecule has 4 rings (SSSR count). The van der Waals surface area contributed by atoms with E-state index in [9.17, 15) is 14.7 Å². The third-order valence-electron chi connectivity index (χ3n) is 4.52. The van der Waals surface area contributed by atoms with E-state index in [1.54, 1.807) is 61.5 Å². The Morgan fingerprint density at radius 3 is 2.50 bits per heavy atom. The fourth-order valence-corrected chi connectivity index (χ4v) is 3.70. The molecule has 1 N–H and O–H groups in total. The number of carbonyl (C=O) groups excluding carboxylic acids is 2. The lowest BCUT2D eigenvalue weighted by Crippen LogP contribution is -2.29. The zero-order valence-electron chi connectivity index (χ0n) is 14.8. The van der Waals surface area contributed by atoms with Gasteiger partial charge in [0.25, 0.3) is 5.78 Å². The number of halogens is 1. The number of benzene rings is 2. The minimum absolute atomic E-state index is 0.00922. The first-order chi connectivity index (χ1) is 13.5. The van der Waals surface area contributed by atoms with Gasteiger partial charge in [-0.1, -0.05) is 63.6 Å². The van der Waals surface area contributed by atoms with Gasteiger partial charge in [-0.05, 0) is 24.6 Å². The fourth-order valence-electron chi connectivity index (χ4n) is 3.28. The summed E-state index contributed by atoms with van der Waals surface area (Å²) in [5.74, 6) is -1.04. The van der Waals surface area contributed by atoms with Crippen LogP contribution in [0.5, 0.6) is 0 Å². The van der Waals surface area contributed by atoms with E-state index in [2.05, 4.69) is 21.1 Å². The van der Waals surface area contributed by atoms with E-state index in [1.807, 2.05) is 6.07 Å². The first-order valence-corrected chi connectivity index (χ1v) is 9.32. The minimum Gasteiger partial charge on any atom is -0.507 e. The zero-order valence-corrected chi connectivity index (χ0v) is 16.4. The zero-order chi connectivity index (χ0) is 19.8. The van der Waals surface area contributed by atoms with Crippen LogP contribution in [0.2, 0.25) is 0 Å². The van der Waals surface area contributed by atoms with Crippen LogP contribution in [-0.2, 0) is 9.59 Å². The molecule has 2 aromatic carbocycles. The summed E-state index contributed by atoms with van der Waals surface area (Å²) >= 11 is 3.42. The van der Waals surface area contributed by atoms with Crippen molar-refractivity contribution in [2.75, 3.05) is 4.90 Å². The number of anilines is 1. The third-order valence-corrected chi connectivity index (χ3v) is 5.01. The number of rotatable bonds is 3. The van der Waals surface area contributed by atoms with Gasteiger partial charge in [0, 0.05) is 16.1 Å². The summed E-state index contributed by atoms with van der Waals surface area (Å²) in [6.45, 7) is 1.70. The van der Waals surface area contributed by atoms with Gasteiger partial charge in [-0.15, -0.1) is 0 Å². The maximum Gasteiger partial charge on any atom is 0.301 e. The van der Waals surface area contributed by atoms with Crippen molar-refractivity contribution in [2.24, 2.45) is 0 Å². The first kappa shape index (κ1) is 18.2. The van der Waals surface area contributed by atoms with Crippen molar-refractivity contribution in [1.82, 2.24) is 5.16 Å². The summed E-state index contributed by atoms with van der Waals surface area (Å²) in [5.41, 5.74) is 1.12. The van der Waals surface area contributed by atoms with Crippen molar-refractivity contribution in [3.05, 3.63) is 87.6 Å². The molecule has 0 bridgehead atoms. The Labute approximate surface area is 169 Å². The fraction of sp³-hybridized carbons (Fsp3) is 0.0952. The lowest BCUT2D eigenvalue weighted by molar-refractivity contribution is -0.132. The van der Waals surface area contributed by atoms with Crippen LogP contribution in [0, 0.1) is 6.92 Å². The van der Waals surface area contributed by atoms with Gasteiger partial charge in [0.15, 0.2) is 5.82 Å². The van der Waals surface area contributed by atoms with Gasteiger partial charge in [-0.3, -0.25) is 14.5 Å². The SMILES string of the molecule is Cc1cc(N2C(=O)C(=O)C(=C(O)c3ccccc3)[C@H]2c2cccc(Br)c2)no1. The lowest BCUT2D eigenvalue weighted by atomic mass is 9.95. The minimum atomic E-state index is -0.831. The highest BCUT2D eigenvalue weighted by Gasteiger charge is 2.48. The summed E-state index contributed by atoms with van der Waals surface area (Å²) in [5, 5.41) is 14.8. The number of aliphatic hydroxyl groups is 1. The molecule has 1 saturated heterocycles. The highest BCUT2D eigenvalue weighted by atomic mass is 79.9. The van der Waals surface area contributed by atoms with Gasteiger partial charge in [-0.25, -0.2) is 0 Å². The summed E-state index contributed by atoms with van der Waals surface area (Å²) in [6.07, 6.45) is 0. The second kappa shape index (κ2) is 7.09. The van der Waals surface area contributed by atoms with Crippen LogP contribution in [0.25, 0.3) is 5.76 Å². The van der Waals surface area contributed by atoms with Crippen molar-refractivity contribution >= 4 is 39.2 Å². The van der Waals surface area contributed by atoms with Crippen molar-refractivity contribution in [3.8, 4) is 0 Å². The molecule has 1 atom stereocenters.